The lowest BCUT2D eigenvalue weighted by Gasteiger charge is -2.09. The van der Waals surface area contributed by atoms with Crippen molar-refractivity contribution in [2.45, 2.75) is 6.92 Å². The highest BCUT2D eigenvalue weighted by molar-refractivity contribution is 5.78. The maximum Gasteiger partial charge on any atom is 0.348 e. The Kier molecular flexibility index (Phi) is 4.11. The molecule has 0 saturated heterocycles. The first kappa shape index (κ1) is 15.9. The molecule has 0 atom stereocenters. The second-order valence-electron chi connectivity index (χ2n) is 5.90. The van der Waals surface area contributed by atoms with Gasteiger partial charge in [-0.3, -0.25) is 0 Å². The molecule has 128 valence electrons. The van der Waals surface area contributed by atoms with E-state index in [-0.39, 0.29) is 6.01 Å². The molecule has 4 aromatic rings. The number of aryl methyl sites for hydroxylation is 1. The predicted octanol–water partition coefficient (Wildman–Crippen LogP) is 5.03. The zero-order valence-electron chi connectivity index (χ0n) is 14.1. The van der Waals surface area contributed by atoms with Crippen molar-refractivity contribution in [1.82, 2.24) is 4.98 Å². The van der Waals surface area contributed by atoms with E-state index in [1.54, 1.807) is 6.07 Å². The fourth-order valence-corrected chi connectivity index (χ4v) is 2.62. The van der Waals surface area contributed by atoms with Gasteiger partial charge in [0.15, 0.2) is 0 Å². The molecule has 0 amide bonds. The summed E-state index contributed by atoms with van der Waals surface area (Å²) >= 11 is 0. The van der Waals surface area contributed by atoms with Crippen molar-refractivity contribution in [2.24, 2.45) is 0 Å². The molecule has 0 radical (unpaired) electrons. The van der Waals surface area contributed by atoms with E-state index < -0.39 is 5.63 Å². The van der Waals surface area contributed by atoms with Crippen molar-refractivity contribution in [2.75, 3.05) is 5.32 Å². The van der Waals surface area contributed by atoms with E-state index in [9.17, 15) is 4.79 Å². The van der Waals surface area contributed by atoms with E-state index in [0.29, 0.717) is 22.3 Å². The zero-order chi connectivity index (χ0) is 17.9. The number of ether oxygens (including phenoxy) is 1. The van der Waals surface area contributed by atoms with Crippen LogP contribution in [0.2, 0.25) is 0 Å². The summed E-state index contributed by atoms with van der Waals surface area (Å²) in [5.74, 6) is 1.41. The number of para-hydroxylation sites is 1. The number of hydrogen-bond donors (Lipinski definition) is 1. The smallest absolute Gasteiger partial charge is 0.348 e. The largest absolute Gasteiger partial charge is 0.457 e. The molecule has 3 aromatic carbocycles. The number of nitrogens with zero attached hydrogens (tertiary/aromatic N) is 1. The van der Waals surface area contributed by atoms with Gasteiger partial charge in [0, 0.05) is 11.8 Å². The summed E-state index contributed by atoms with van der Waals surface area (Å²) in [5.41, 5.74) is 1.91. The Bertz CT molecular complexity index is 1120. The lowest BCUT2D eigenvalue weighted by atomic mass is 10.2. The Morgan fingerprint density at radius 3 is 2.58 bits per heavy atom. The van der Waals surface area contributed by atoms with Crippen LogP contribution in [0.15, 0.2) is 82.0 Å². The van der Waals surface area contributed by atoms with E-state index >= 15 is 0 Å². The minimum atomic E-state index is -0.422. The molecule has 26 heavy (non-hydrogen) atoms. The molecule has 0 spiro atoms. The average molecular weight is 344 g/mol. The van der Waals surface area contributed by atoms with Gasteiger partial charge in [0.05, 0.1) is 10.9 Å². The third kappa shape index (κ3) is 3.42. The van der Waals surface area contributed by atoms with Crippen LogP contribution in [0.5, 0.6) is 11.5 Å². The van der Waals surface area contributed by atoms with Crippen LogP contribution >= 0.6 is 0 Å². The summed E-state index contributed by atoms with van der Waals surface area (Å²) in [6.45, 7) is 1.95. The lowest BCUT2D eigenvalue weighted by molar-refractivity contribution is 0.483. The Hall–Kier alpha value is -3.60. The summed E-state index contributed by atoms with van der Waals surface area (Å²) in [5, 5.41) is 3.49. The molecule has 5 heteroatoms. The van der Waals surface area contributed by atoms with Crippen LogP contribution in [0, 0.1) is 6.92 Å². The van der Waals surface area contributed by atoms with Crippen molar-refractivity contribution in [3.05, 3.63) is 88.8 Å². The van der Waals surface area contributed by atoms with Crippen LogP contribution in [0.3, 0.4) is 0 Å². The predicted molar refractivity (Wildman–Crippen MR) is 101 cm³/mol. The third-order valence-electron chi connectivity index (χ3n) is 3.85. The first-order chi connectivity index (χ1) is 12.7. The molecule has 5 nitrogen and oxygen atoms in total. The lowest BCUT2D eigenvalue weighted by Crippen LogP contribution is -2.05. The fourth-order valence-electron chi connectivity index (χ4n) is 2.62. The number of hydrogen-bond acceptors (Lipinski definition) is 5. The van der Waals surface area contributed by atoms with Crippen LogP contribution in [0.1, 0.15) is 5.56 Å². The second-order valence-corrected chi connectivity index (χ2v) is 5.90. The Morgan fingerprint density at radius 1 is 0.923 bits per heavy atom. The zero-order valence-corrected chi connectivity index (χ0v) is 14.1. The molecule has 1 aromatic heterocycles. The number of fused-ring (bicyclic) bond motifs is 1. The van der Waals surface area contributed by atoms with E-state index in [1.807, 2.05) is 73.7 Å². The summed E-state index contributed by atoms with van der Waals surface area (Å²) < 4.78 is 11.1. The third-order valence-corrected chi connectivity index (χ3v) is 3.85. The topological polar surface area (TPSA) is 64.4 Å². The molecule has 1 heterocycles. The highest BCUT2D eigenvalue weighted by atomic mass is 16.5. The van der Waals surface area contributed by atoms with Gasteiger partial charge in [0.2, 0.25) is 0 Å². The molecule has 0 bridgehead atoms. The van der Waals surface area contributed by atoms with Crippen LogP contribution in [-0.2, 0) is 0 Å². The van der Waals surface area contributed by atoms with Crippen molar-refractivity contribution in [1.29, 1.82) is 0 Å². The maximum absolute atomic E-state index is 12.1. The highest BCUT2D eigenvalue weighted by Gasteiger charge is 2.07. The van der Waals surface area contributed by atoms with Crippen LogP contribution < -0.4 is 15.7 Å². The van der Waals surface area contributed by atoms with Gasteiger partial charge in [-0.2, -0.15) is 4.98 Å². The van der Waals surface area contributed by atoms with Crippen molar-refractivity contribution in [3.63, 3.8) is 0 Å². The highest BCUT2D eigenvalue weighted by Crippen LogP contribution is 2.25. The molecular formula is C21H16N2O3. The molecule has 0 aliphatic heterocycles. The van der Waals surface area contributed by atoms with Gasteiger partial charge in [-0.1, -0.05) is 30.3 Å². The normalized spacial score (nSPS) is 10.7. The van der Waals surface area contributed by atoms with Crippen molar-refractivity contribution < 1.29 is 9.15 Å². The van der Waals surface area contributed by atoms with Gasteiger partial charge in [-0.25, -0.2) is 4.79 Å². The number of benzene rings is 3. The van der Waals surface area contributed by atoms with Crippen molar-refractivity contribution >= 4 is 22.6 Å². The average Bonchev–Trinajstić information content (AvgIpc) is 2.62. The Labute approximate surface area is 149 Å². The summed E-state index contributed by atoms with van der Waals surface area (Å²) in [6.07, 6.45) is 0. The molecule has 0 aliphatic carbocycles. The van der Waals surface area contributed by atoms with Gasteiger partial charge >= 0.3 is 11.6 Å². The molecule has 0 aliphatic rings. The van der Waals surface area contributed by atoms with Crippen LogP contribution in [0.25, 0.3) is 10.9 Å². The standard InChI is InChI=1S/C21H16N2O3/c1-14-10-11-18-19(12-14)23-21(26-20(18)24)22-15-6-5-9-17(13-15)25-16-7-3-2-4-8-16/h2-13H,1H3,(H,22,23). The van der Waals surface area contributed by atoms with Gasteiger partial charge in [-0.05, 0) is 48.9 Å². The number of anilines is 2. The van der Waals surface area contributed by atoms with Crippen LogP contribution in [-0.4, -0.2) is 4.98 Å². The van der Waals surface area contributed by atoms with Crippen molar-refractivity contribution in [3.8, 4) is 11.5 Å². The van der Waals surface area contributed by atoms with E-state index in [0.717, 1.165) is 11.3 Å². The van der Waals surface area contributed by atoms with Gasteiger partial charge in [0.25, 0.3) is 0 Å². The maximum atomic E-state index is 12.1. The summed E-state index contributed by atoms with van der Waals surface area (Å²) in [4.78, 5) is 16.5. The SMILES string of the molecule is Cc1ccc2c(=O)oc(Nc3cccc(Oc4ccccc4)c3)nc2c1. The first-order valence-electron chi connectivity index (χ1n) is 8.19. The molecule has 0 fully saturated rings. The molecule has 1 N–H and O–H groups in total. The molecule has 4 rings (SSSR count). The van der Waals surface area contributed by atoms with Gasteiger partial charge < -0.3 is 14.5 Å². The van der Waals surface area contributed by atoms with Crippen LogP contribution in [0.4, 0.5) is 11.7 Å². The van der Waals surface area contributed by atoms with E-state index in [2.05, 4.69) is 10.3 Å². The van der Waals surface area contributed by atoms with Gasteiger partial charge in [-0.15, -0.1) is 0 Å². The Balaban J connectivity index is 1.62. The minimum absolute atomic E-state index is 0.143. The van der Waals surface area contributed by atoms with E-state index in [1.165, 1.54) is 0 Å². The monoisotopic (exact) mass is 344 g/mol. The van der Waals surface area contributed by atoms with E-state index in [4.69, 9.17) is 9.15 Å². The van der Waals surface area contributed by atoms with Gasteiger partial charge in [0.1, 0.15) is 11.5 Å². The molecule has 0 unspecified atom stereocenters. The molecular weight excluding hydrogens is 328 g/mol. The summed E-state index contributed by atoms with van der Waals surface area (Å²) in [6, 6.07) is 22.5. The number of aromatic nitrogens is 1. The fraction of sp³-hybridized carbons (Fsp3) is 0.0476. The molecule has 0 saturated carbocycles. The summed E-state index contributed by atoms with van der Waals surface area (Å²) in [7, 11) is 0. The first-order valence-corrected chi connectivity index (χ1v) is 8.19. The second kappa shape index (κ2) is 6.72. The number of nitrogens with one attached hydrogen (secondary N) is 1. The minimum Gasteiger partial charge on any atom is -0.457 e. The number of rotatable bonds is 4. The quantitative estimate of drug-likeness (QED) is 0.562. The Morgan fingerprint density at radius 2 is 1.73 bits per heavy atom.